The predicted molar refractivity (Wildman–Crippen MR) is 78.3 cm³/mol. The van der Waals surface area contributed by atoms with Crippen LogP contribution in [0.2, 0.25) is 0 Å². The third kappa shape index (κ3) is 2.45. The maximum absolute atomic E-state index is 6.06. The van der Waals surface area contributed by atoms with Gasteiger partial charge in [-0.1, -0.05) is 6.07 Å². The molecule has 1 saturated carbocycles. The zero-order chi connectivity index (χ0) is 14.5. The summed E-state index contributed by atoms with van der Waals surface area (Å²) in [5.74, 6) is 0.699. The van der Waals surface area contributed by atoms with E-state index in [4.69, 9.17) is 14.0 Å². The lowest BCUT2D eigenvalue weighted by Crippen LogP contribution is -2.41. The van der Waals surface area contributed by atoms with Crippen LogP contribution in [0, 0.1) is 6.92 Å². The van der Waals surface area contributed by atoms with Gasteiger partial charge in [-0.15, -0.1) is 0 Å². The molecule has 2 aliphatic rings. The van der Waals surface area contributed by atoms with Crippen molar-refractivity contribution < 1.29 is 14.0 Å². The lowest BCUT2D eigenvalue weighted by molar-refractivity contribution is 0.00578. The molecule has 108 valence electrons. The molecule has 5 heteroatoms. The van der Waals surface area contributed by atoms with E-state index >= 15 is 0 Å². The van der Waals surface area contributed by atoms with Crippen LogP contribution in [0.25, 0.3) is 0 Å². The number of pyridine rings is 1. The third-order valence-electron chi connectivity index (χ3n) is 4.42. The molecular weight excluding hydrogens is 253 g/mol. The Balaban J connectivity index is 1.80. The summed E-state index contributed by atoms with van der Waals surface area (Å²) in [6.45, 7) is 10.2. The molecule has 1 aromatic rings. The molecule has 4 nitrogen and oxygen atoms in total. The van der Waals surface area contributed by atoms with E-state index in [0.717, 1.165) is 24.0 Å². The number of ether oxygens (including phenoxy) is 1. The van der Waals surface area contributed by atoms with Crippen molar-refractivity contribution in [2.24, 2.45) is 0 Å². The summed E-state index contributed by atoms with van der Waals surface area (Å²) in [5.41, 5.74) is 1.23. The van der Waals surface area contributed by atoms with Crippen LogP contribution in [0.1, 0.15) is 46.2 Å². The van der Waals surface area contributed by atoms with Gasteiger partial charge in [0.25, 0.3) is 0 Å². The molecule has 0 radical (unpaired) electrons. The lowest BCUT2D eigenvalue weighted by Gasteiger charge is -2.32. The van der Waals surface area contributed by atoms with Crippen LogP contribution in [0.15, 0.2) is 12.1 Å². The van der Waals surface area contributed by atoms with Crippen LogP contribution in [0.5, 0.6) is 5.88 Å². The van der Waals surface area contributed by atoms with Crippen LogP contribution < -0.4 is 10.2 Å². The second-order valence-electron chi connectivity index (χ2n) is 6.73. The molecule has 0 spiro atoms. The molecule has 1 saturated heterocycles. The number of nitrogens with zero attached hydrogens (tertiary/aromatic N) is 1. The van der Waals surface area contributed by atoms with Gasteiger partial charge in [-0.3, -0.25) is 0 Å². The van der Waals surface area contributed by atoms with Gasteiger partial charge in [-0.2, -0.15) is 0 Å². The number of hydrogen-bond acceptors (Lipinski definition) is 4. The first-order chi connectivity index (χ1) is 9.28. The Morgan fingerprint density at radius 1 is 1.15 bits per heavy atom. The summed E-state index contributed by atoms with van der Waals surface area (Å²) >= 11 is 0. The Kier molecular flexibility index (Phi) is 3.10. The van der Waals surface area contributed by atoms with Crippen LogP contribution >= 0.6 is 0 Å². The topological polar surface area (TPSA) is 40.6 Å². The summed E-state index contributed by atoms with van der Waals surface area (Å²) in [6, 6.07) is 3.91. The molecule has 2 heterocycles. The van der Waals surface area contributed by atoms with Crippen LogP contribution in [-0.2, 0) is 9.31 Å². The Morgan fingerprint density at radius 3 is 2.25 bits per heavy atom. The van der Waals surface area contributed by atoms with Gasteiger partial charge in [0.05, 0.1) is 11.2 Å². The maximum atomic E-state index is 6.06. The fraction of sp³-hybridized carbons (Fsp3) is 0.667. The highest BCUT2D eigenvalue weighted by Crippen LogP contribution is 2.36. The van der Waals surface area contributed by atoms with Gasteiger partial charge in [0.15, 0.2) is 0 Å². The molecular formula is C15H22BNO3. The molecule has 0 bridgehead atoms. The number of hydrogen-bond donors (Lipinski definition) is 0. The van der Waals surface area contributed by atoms with E-state index in [1.54, 1.807) is 0 Å². The smallest absolute Gasteiger partial charge is 0.474 e. The van der Waals surface area contributed by atoms with Crippen molar-refractivity contribution in [1.29, 1.82) is 0 Å². The normalized spacial score (nSPS) is 23.9. The Morgan fingerprint density at radius 2 is 1.75 bits per heavy atom. The quantitative estimate of drug-likeness (QED) is 0.793. The predicted octanol–water partition coefficient (Wildman–Crippen LogP) is 2.23. The van der Waals surface area contributed by atoms with Crippen molar-refractivity contribution in [2.75, 3.05) is 0 Å². The van der Waals surface area contributed by atoms with Gasteiger partial charge in [-0.05, 0) is 53.5 Å². The third-order valence-corrected chi connectivity index (χ3v) is 4.42. The largest absolute Gasteiger partial charge is 0.496 e. The van der Waals surface area contributed by atoms with Gasteiger partial charge in [-0.25, -0.2) is 4.98 Å². The molecule has 2 fully saturated rings. The fourth-order valence-corrected chi connectivity index (χ4v) is 2.19. The zero-order valence-corrected chi connectivity index (χ0v) is 12.9. The van der Waals surface area contributed by atoms with Crippen LogP contribution in [-0.4, -0.2) is 29.4 Å². The first-order valence-electron chi connectivity index (χ1n) is 7.28. The first kappa shape index (κ1) is 13.9. The van der Waals surface area contributed by atoms with E-state index in [1.807, 2.05) is 19.1 Å². The second kappa shape index (κ2) is 4.47. The van der Waals surface area contributed by atoms with Gasteiger partial charge >= 0.3 is 7.12 Å². The molecule has 3 rings (SSSR count). The van der Waals surface area contributed by atoms with Gasteiger partial charge in [0.2, 0.25) is 5.88 Å². The monoisotopic (exact) mass is 275 g/mol. The Bertz CT molecular complexity index is 510. The van der Waals surface area contributed by atoms with Crippen molar-refractivity contribution in [3.05, 3.63) is 17.8 Å². The summed E-state index contributed by atoms with van der Waals surface area (Å²) in [7, 11) is -0.359. The standard InChI is InChI=1S/C15H22BNO3/c1-10-12(8-9-13(17-10)18-11-6-7-11)16-19-14(2,3)15(4,5)20-16/h8-9,11H,6-7H2,1-5H3. The molecule has 0 unspecified atom stereocenters. The minimum atomic E-state index is -0.359. The second-order valence-corrected chi connectivity index (χ2v) is 6.73. The molecule has 20 heavy (non-hydrogen) atoms. The van der Waals surface area contributed by atoms with Crippen molar-refractivity contribution in [3.63, 3.8) is 0 Å². The molecule has 0 amide bonds. The molecule has 0 aromatic carbocycles. The van der Waals surface area contributed by atoms with Crippen molar-refractivity contribution in [2.45, 2.75) is 64.8 Å². The van der Waals surface area contributed by atoms with E-state index in [2.05, 4.69) is 32.7 Å². The van der Waals surface area contributed by atoms with Gasteiger partial charge in [0.1, 0.15) is 6.10 Å². The minimum absolute atomic E-state index is 0.326. The highest BCUT2D eigenvalue weighted by Gasteiger charge is 2.52. The van der Waals surface area contributed by atoms with Crippen molar-refractivity contribution in [1.82, 2.24) is 4.98 Å². The van der Waals surface area contributed by atoms with Crippen LogP contribution in [0.3, 0.4) is 0 Å². The number of rotatable bonds is 3. The lowest BCUT2D eigenvalue weighted by atomic mass is 9.78. The Hall–Kier alpha value is -1.07. The SMILES string of the molecule is Cc1nc(OC2CC2)ccc1B1OC(C)(C)C(C)(C)O1. The van der Waals surface area contributed by atoms with E-state index in [0.29, 0.717) is 12.0 Å². The molecule has 1 aliphatic heterocycles. The molecule has 1 aromatic heterocycles. The van der Waals surface area contributed by atoms with Gasteiger partial charge < -0.3 is 14.0 Å². The van der Waals surface area contributed by atoms with E-state index in [1.165, 1.54) is 0 Å². The van der Waals surface area contributed by atoms with E-state index in [-0.39, 0.29) is 18.3 Å². The van der Waals surface area contributed by atoms with E-state index < -0.39 is 0 Å². The average Bonchev–Trinajstić information content (AvgIpc) is 3.07. The zero-order valence-electron chi connectivity index (χ0n) is 12.9. The summed E-state index contributed by atoms with van der Waals surface area (Å²) in [6.07, 6.45) is 2.64. The van der Waals surface area contributed by atoms with Crippen LogP contribution in [0.4, 0.5) is 0 Å². The van der Waals surface area contributed by atoms with Crippen molar-refractivity contribution >= 4 is 12.6 Å². The highest BCUT2D eigenvalue weighted by atomic mass is 16.7. The summed E-state index contributed by atoms with van der Waals surface area (Å²) in [5, 5.41) is 0. The summed E-state index contributed by atoms with van der Waals surface area (Å²) in [4.78, 5) is 4.51. The number of aromatic nitrogens is 1. The van der Waals surface area contributed by atoms with Crippen molar-refractivity contribution in [3.8, 4) is 5.88 Å². The molecule has 0 N–H and O–H groups in total. The average molecular weight is 275 g/mol. The molecule has 0 atom stereocenters. The molecule has 1 aliphatic carbocycles. The minimum Gasteiger partial charge on any atom is -0.474 e. The van der Waals surface area contributed by atoms with E-state index in [9.17, 15) is 0 Å². The number of aryl methyl sites for hydroxylation is 1. The Labute approximate surface area is 121 Å². The summed E-state index contributed by atoms with van der Waals surface area (Å²) < 4.78 is 17.8. The fourth-order valence-electron chi connectivity index (χ4n) is 2.19. The first-order valence-corrected chi connectivity index (χ1v) is 7.28. The highest BCUT2D eigenvalue weighted by molar-refractivity contribution is 6.62. The van der Waals surface area contributed by atoms with Gasteiger partial charge in [0, 0.05) is 11.2 Å². The maximum Gasteiger partial charge on any atom is 0.496 e.